The summed E-state index contributed by atoms with van der Waals surface area (Å²) < 4.78 is 0. The Morgan fingerprint density at radius 1 is 1.18 bits per heavy atom. The maximum Gasteiger partial charge on any atom is 0.219 e. The lowest BCUT2D eigenvalue weighted by molar-refractivity contribution is -0.120. The molecule has 0 aliphatic carbocycles. The van der Waals surface area contributed by atoms with Gasteiger partial charge in [-0.2, -0.15) is 0 Å². The molecular weight excluding hydrogens is 138 g/mol. The summed E-state index contributed by atoms with van der Waals surface area (Å²) in [6, 6.07) is 0. The van der Waals surface area contributed by atoms with Crippen LogP contribution in [-0.2, 0) is 4.79 Å². The summed E-state index contributed by atoms with van der Waals surface area (Å²) in [6.07, 6.45) is 1.58. The number of amides is 1. The molecule has 0 aliphatic rings. The fourth-order valence-corrected chi connectivity index (χ4v) is 0.352. The van der Waals surface area contributed by atoms with Crippen LogP contribution in [0.1, 0.15) is 49.5 Å². The summed E-state index contributed by atoms with van der Waals surface area (Å²) in [5, 5.41) is 2.53. The molecule has 0 fully saturated rings. The molecule has 1 amide bonds. The van der Waals surface area contributed by atoms with Crippen molar-refractivity contribution in [3.8, 4) is 0 Å². The van der Waals surface area contributed by atoms with Crippen LogP contribution in [0.2, 0.25) is 0 Å². The molecule has 0 atom stereocenters. The van der Waals surface area contributed by atoms with Gasteiger partial charge in [-0.25, -0.2) is 0 Å². The molecule has 0 saturated heterocycles. The van der Waals surface area contributed by atoms with Crippen molar-refractivity contribution in [2.45, 2.75) is 49.5 Å². The third-order valence-electron chi connectivity index (χ3n) is 0.756. The molecule has 2 heteroatoms. The molecule has 0 radical (unpaired) electrons. The van der Waals surface area contributed by atoms with Crippen LogP contribution in [0.15, 0.2) is 0 Å². The zero-order valence-electron chi connectivity index (χ0n) is 4.82. The van der Waals surface area contributed by atoms with E-state index < -0.39 is 0 Å². The lowest BCUT2D eigenvalue weighted by atomic mass is 10.3. The first-order valence-corrected chi connectivity index (χ1v) is 2.51. The molecule has 0 unspecified atom stereocenters. The van der Waals surface area contributed by atoms with E-state index in [9.17, 15) is 4.79 Å². The highest BCUT2D eigenvalue weighted by molar-refractivity contribution is 5.75. The predicted molar refractivity (Wildman–Crippen MR) is 55.9 cm³/mol. The van der Waals surface area contributed by atoms with E-state index in [2.05, 4.69) is 5.32 Å². The van der Waals surface area contributed by atoms with E-state index in [1.54, 1.807) is 7.05 Å². The van der Waals surface area contributed by atoms with Crippen LogP contribution in [0.25, 0.3) is 0 Å². The molecule has 11 heavy (non-hydrogen) atoms. The van der Waals surface area contributed by atoms with Crippen LogP contribution in [0, 0.1) is 0 Å². The Labute approximate surface area is 73.4 Å². The Morgan fingerprint density at radius 3 is 1.64 bits per heavy atom. The van der Waals surface area contributed by atoms with Gasteiger partial charge in [0.05, 0.1) is 0 Å². The van der Waals surface area contributed by atoms with Gasteiger partial charge in [-0.3, -0.25) is 4.79 Å². The maximum atomic E-state index is 10.3. The fourth-order valence-electron chi connectivity index (χ4n) is 0.352. The quantitative estimate of drug-likeness (QED) is 0.669. The normalized spacial score (nSPS) is 5.27. The Kier molecular flexibility index (Phi) is 64.8. The maximum absolute atomic E-state index is 10.3. The minimum Gasteiger partial charge on any atom is -0.359 e. The second kappa shape index (κ2) is 22.7. The molecule has 0 spiro atoms. The van der Waals surface area contributed by atoms with Gasteiger partial charge in [-0.1, -0.05) is 36.6 Å². The van der Waals surface area contributed by atoms with Crippen molar-refractivity contribution in [1.82, 2.24) is 5.32 Å². The van der Waals surface area contributed by atoms with Crippen LogP contribution in [-0.4, -0.2) is 13.0 Å². The van der Waals surface area contributed by atoms with Crippen LogP contribution in [0.5, 0.6) is 0 Å². The second-order valence-corrected chi connectivity index (χ2v) is 1.42. The molecule has 0 aliphatic heterocycles. The molecule has 0 rings (SSSR count). The van der Waals surface area contributed by atoms with Crippen molar-refractivity contribution in [2.24, 2.45) is 0 Å². The molecule has 74 valence electrons. The number of nitrogens with one attached hydrogen (secondary N) is 1. The Bertz CT molecular complexity index is 62.6. The van der Waals surface area contributed by atoms with Gasteiger partial charge in [0, 0.05) is 13.5 Å². The van der Waals surface area contributed by atoms with Crippen LogP contribution >= 0.6 is 0 Å². The minimum absolute atomic E-state index is 0. The number of hydrogen-bond donors (Lipinski definition) is 1. The van der Waals surface area contributed by atoms with Crippen molar-refractivity contribution in [3.05, 3.63) is 0 Å². The first-order chi connectivity index (χ1) is 3.31. The van der Waals surface area contributed by atoms with Gasteiger partial charge >= 0.3 is 0 Å². The SMILES string of the molecule is C.C.C.C.CCCC(=O)NC. The average Bonchev–Trinajstić information content (AvgIpc) is 1.68. The Morgan fingerprint density at radius 2 is 1.55 bits per heavy atom. The van der Waals surface area contributed by atoms with Gasteiger partial charge in [0.25, 0.3) is 0 Å². The van der Waals surface area contributed by atoms with E-state index in [0.29, 0.717) is 6.42 Å². The predicted octanol–water partition coefficient (Wildman–Crippen LogP) is 3.08. The topological polar surface area (TPSA) is 29.1 Å². The van der Waals surface area contributed by atoms with E-state index in [0.717, 1.165) is 6.42 Å². The summed E-state index contributed by atoms with van der Waals surface area (Å²) in [7, 11) is 1.65. The van der Waals surface area contributed by atoms with Gasteiger partial charge in [-0.05, 0) is 6.42 Å². The first kappa shape index (κ1) is 31.4. The first-order valence-electron chi connectivity index (χ1n) is 2.51. The molecule has 0 bridgehead atoms. The highest BCUT2D eigenvalue weighted by Gasteiger charge is 1.89. The number of carbonyl (C=O) groups is 1. The zero-order valence-corrected chi connectivity index (χ0v) is 4.82. The van der Waals surface area contributed by atoms with E-state index >= 15 is 0 Å². The fraction of sp³-hybridized carbons (Fsp3) is 0.889. The Balaban J connectivity index is -0.0000000300. The van der Waals surface area contributed by atoms with Crippen molar-refractivity contribution >= 4 is 5.91 Å². The van der Waals surface area contributed by atoms with E-state index in [-0.39, 0.29) is 35.6 Å². The highest BCUT2D eigenvalue weighted by Crippen LogP contribution is 1.82. The van der Waals surface area contributed by atoms with Gasteiger partial charge in [0.15, 0.2) is 0 Å². The minimum atomic E-state index is 0. The number of carbonyl (C=O) groups excluding carboxylic acids is 1. The summed E-state index contributed by atoms with van der Waals surface area (Å²) in [4.78, 5) is 10.3. The van der Waals surface area contributed by atoms with Crippen LogP contribution in [0.3, 0.4) is 0 Å². The summed E-state index contributed by atoms with van der Waals surface area (Å²) in [5.74, 6) is 0.127. The molecule has 0 aromatic rings. The van der Waals surface area contributed by atoms with Crippen molar-refractivity contribution < 1.29 is 4.79 Å². The van der Waals surface area contributed by atoms with E-state index in [4.69, 9.17) is 0 Å². The lowest BCUT2D eigenvalue weighted by Crippen LogP contribution is -2.16. The number of rotatable bonds is 2. The molecular formula is C9H27NO. The molecule has 0 heterocycles. The third-order valence-corrected chi connectivity index (χ3v) is 0.756. The van der Waals surface area contributed by atoms with Gasteiger partial charge < -0.3 is 5.32 Å². The van der Waals surface area contributed by atoms with Crippen molar-refractivity contribution in [1.29, 1.82) is 0 Å². The monoisotopic (exact) mass is 165 g/mol. The smallest absolute Gasteiger partial charge is 0.219 e. The highest BCUT2D eigenvalue weighted by atomic mass is 16.1. The molecule has 0 aromatic carbocycles. The summed E-state index contributed by atoms with van der Waals surface area (Å²) >= 11 is 0. The molecule has 0 aromatic heterocycles. The Hall–Kier alpha value is -0.530. The zero-order chi connectivity index (χ0) is 5.70. The van der Waals surface area contributed by atoms with Gasteiger partial charge in [0.2, 0.25) is 5.91 Å². The van der Waals surface area contributed by atoms with Crippen LogP contribution in [0.4, 0.5) is 0 Å². The molecule has 1 N–H and O–H groups in total. The van der Waals surface area contributed by atoms with E-state index in [1.807, 2.05) is 6.92 Å². The number of hydrogen-bond acceptors (Lipinski definition) is 1. The summed E-state index contributed by atoms with van der Waals surface area (Å²) in [6.45, 7) is 1.98. The van der Waals surface area contributed by atoms with Crippen molar-refractivity contribution in [3.63, 3.8) is 0 Å². The second-order valence-electron chi connectivity index (χ2n) is 1.42. The van der Waals surface area contributed by atoms with Crippen molar-refractivity contribution in [2.75, 3.05) is 7.05 Å². The standard InChI is InChI=1S/C5H11NO.4CH4/c1-3-4-5(7)6-2;;;;/h3-4H2,1-2H3,(H,6,7);4*1H4. The third kappa shape index (κ3) is 26.4. The largest absolute Gasteiger partial charge is 0.359 e. The van der Waals surface area contributed by atoms with E-state index in [1.165, 1.54) is 0 Å². The van der Waals surface area contributed by atoms with Gasteiger partial charge in [0.1, 0.15) is 0 Å². The average molecular weight is 165 g/mol. The van der Waals surface area contributed by atoms with Gasteiger partial charge in [-0.15, -0.1) is 0 Å². The molecule has 0 saturated carbocycles. The summed E-state index contributed by atoms with van der Waals surface area (Å²) in [5.41, 5.74) is 0. The lowest BCUT2D eigenvalue weighted by Gasteiger charge is -1.91. The molecule has 2 nitrogen and oxygen atoms in total. The van der Waals surface area contributed by atoms with Crippen LogP contribution < -0.4 is 5.32 Å².